The molecule has 0 amide bonds. The van der Waals surface area contributed by atoms with Gasteiger partial charge in [0.25, 0.3) is 0 Å². The SMILES string of the molecule is CCC1CCC(C(C)(C)S(N)(=O)=O)CC1. The van der Waals surface area contributed by atoms with E-state index in [2.05, 4.69) is 6.92 Å². The van der Waals surface area contributed by atoms with Gasteiger partial charge in [-0.3, -0.25) is 0 Å². The molecule has 0 saturated heterocycles. The number of hydrogen-bond donors (Lipinski definition) is 1. The van der Waals surface area contributed by atoms with Crippen LogP contribution in [-0.4, -0.2) is 13.2 Å². The van der Waals surface area contributed by atoms with Crippen molar-refractivity contribution in [3.8, 4) is 0 Å². The Kier molecular flexibility index (Phi) is 3.82. The molecule has 3 nitrogen and oxygen atoms in total. The normalized spacial score (nSPS) is 29.1. The minimum Gasteiger partial charge on any atom is -0.228 e. The summed E-state index contributed by atoms with van der Waals surface area (Å²) < 4.78 is 22.2. The quantitative estimate of drug-likeness (QED) is 0.813. The summed E-state index contributed by atoms with van der Waals surface area (Å²) >= 11 is 0. The zero-order valence-corrected chi connectivity index (χ0v) is 10.8. The molecule has 90 valence electrons. The van der Waals surface area contributed by atoms with E-state index in [1.165, 1.54) is 6.42 Å². The molecule has 0 aliphatic heterocycles. The molecular formula is C11H23NO2S. The smallest absolute Gasteiger partial charge is 0.214 e. The van der Waals surface area contributed by atoms with Crippen molar-refractivity contribution >= 4 is 10.0 Å². The number of hydrogen-bond acceptors (Lipinski definition) is 2. The molecule has 0 spiro atoms. The zero-order valence-electron chi connectivity index (χ0n) is 9.99. The van der Waals surface area contributed by atoms with E-state index in [4.69, 9.17) is 5.14 Å². The van der Waals surface area contributed by atoms with Crippen molar-refractivity contribution in [2.75, 3.05) is 0 Å². The van der Waals surface area contributed by atoms with Gasteiger partial charge in [0, 0.05) is 0 Å². The molecule has 0 radical (unpaired) electrons. The lowest BCUT2D eigenvalue weighted by molar-refractivity contribution is 0.231. The van der Waals surface area contributed by atoms with Crippen LogP contribution >= 0.6 is 0 Å². The van der Waals surface area contributed by atoms with Crippen molar-refractivity contribution in [3.05, 3.63) is 0 Å². The topological polar surface area (TPSA) is 60.2 Å². The maximum atomic E-state index is 11.5. The summed E-state index contributed by atoms with van der Waals surface area (Å²) in [5.41, 5.74) is 0. The second kappa shape index (κ2) is 4.42. The Labute approximate surface area is 93.5 Å². The van der Waals surface area contributed by atoms with E-state index < -0.39 is 14.8 Å². The Morgan fingerprint density at radius 3 is 2.00 bits per heavy atom. The average Bonchev–Trinajstić information content (AvgIpc) is 2.16. The van der Waals surface area contributed by atoms with Gasteiger partial charge in [-0.05, 0) is 38.5 Å². The van der Waals surface area contributed by atoms with Crippen molar-refractivity contribution in [2.45, 2.75) is 57.6 Å². The molecule has 0 aromatic carbocycles. The van der Waals surface area contributed by atoms with E-state index >= 15 is 0 Å². The van der Waals surface area contributed by atoms with E-state index in [9.17, 15) is 8.42 Å². The van der Waals surface area contributed by atoms with Crippen LogP contribution in [0.5, 0.6) is 0 Å². The largest absolute Gasteiger partial charge is 0.228 e. The molecule has 15 heavy (non-hydrogen) atoms. The van der Waals surface area contributed by atoms with Gasteiger partial charge in [-0.15, -0.1) is 0 Å². The second-order valence-corrected chi connectivity index (χ2v) is 7.42. The van der Waals surface area contributed by atoms with Crippen LogP contribution in [0.1, 0.15) is 52.9 Å². The number of nitrogens with two attached hydrogens (primary N) is 1. The fraction of sp³-hybridized carbons (Fsp3) is 1.00. The highest BCUT2D eigenvalue weighted by atomic mass is 32.2. The molecule has 1 aliphatic rings. The van der Waals surface area contributed by atoms with Gasteiger partial charge in [0.2, 0.25) is 10.0 Å². The Bertz CT molecular complexity index is 301. The maximum Gasteiger partial charge on any atom is 0.214 e. The van der Waals surface area contributed by atoms with Gasteiger partial charge in [-0.1, -0.05) is 26.2 Å². The van der Waals surface area contributed by atoms with Gasteiger partial charge in [0.15, 0.2) is 0 Å². The highest BCUT2D eigenvalue weighted by molar-refractivity contribution is 7.90. The Morgan fingerprint density at radius 2 is 1.67 bits per heavy atom. The van der Waals surface area contributed by atoms with Crippen molar-refractivity contribution < 1.29 is 8.42 Å². The molecular weight excluding hydrogens is 210 g/mol. The van der Waals surface area contributed by atoms with E-state index in [1.807, 2.05) is 0 Å². The minimum absolute atomic E-state index is 0.232. The first-order valence-electron chi connectivity index (χ1n) is 5.81. The Morgan fingerprint density at radius 1 is 1.20 bits per heavy atom. The molecule has 1 aliphatic carbocycles. The molecule has 2 N–H and O–H groups in total. The lowest BCUT2D eigenvalue weighted by Crippen LogP contribution is -2.45. The van der Waals surface area contributed by atoms with Gasteiger partial charge in [0.05, 0.1) is 4.75 Å². The van der Waals surface area contributed by atoms with Crippen LogP contribution in [0.4, 0.5) is 0 Å². The highest BCUT2D eigenvalue weighted by Crippen LogP contribution is 2.39. The molecule has 1 rings (SSSR count). The molecule has 1 fully saturated rings. The summed E-state index contributed by atoms with van der Waals surface area (Å²) in [6.07, 6.45) is 5.52. The molecule has 0 heterocycles. The van der Waals surface area contributed by atoms with E-state index in [1.54, 1.807) is 13.8 Å². The minimum atomic E-state index is -3.43. The Hall–Kier alpha value is -0.0900. The van der Waals surface area contributed by atoms with Crippen molar-refractivity contribution in [3.63, 3.8) is 0 Å². The van der Waals surface area contributed by atoms with Crippen LogP contribution < -0.4 is 5.14 Å². The molecule has 0 unspecified atom stereocenters. The van der Waals surface area contributed by atoms with E-state index in [0.717, 1.165) is 31.6 Å². The number of sulfonamides is 1. The van der Waals surface area contributed by atoms with E-state index in [0.29, 0.717) is 0 Å². The lowest BCUT2D eigenvalue weighted by atomic mass is 9.76. The van der Waals surface area contributed by atoms with Crippen LogP contribution in [0.3, 0.4) is 0 Å². The van der Waals surface area contributed by atoms with Gasteiger partial charge in [0.1, 0.15) is 0 Å². The fourth-order valence-corrected chi connectivity index (χ4v) is 3.20. The predicted octanol–water partition coefficient (Wildman–Crippen LogP) is 2.27. The molecule has 0 aromatic heterocycles. The standard InChI is InChI=1S/C11H23NO2S/c1-4-9-5-7-10(8-6-9)11(2,3)15(12,13)14/h9-10H,4-8H2,1-3H3,(H2,12,13,14). The lowest BCUT2D eigenvalue weighted by Gasteiger charge is -2.37. The van der Waals surface area contributed by atoms with Crippen molar-refractivity contribution in [1.82, 2.24) is 0 Å². The van der Waals surface area contributed by atoms with Gasteiger partial charge in [-0.25, -0.2) is 13.6 Å². The summed E-state index contributed by atoms with van der Waals surface area (Å²) in [6.45, 7) is 5.73. The van der Waals surface area contributed by atoms with Crippen LogP contribution in [0.15, 0.2) is 0 Å². The number of primary sulfonamides is 1. The fourth-order valence-electron chi connectivity index (χ4n) is 2.50. The van der Waals surface area contributed by atoms with Gasteiger partial charge in [-0.2, -0.15) is 0 Å². The van der Waals surface area contributed by atoms with Gasteiger partial charge >= 0.3 is 0 Å². The predicted molar refractivity (Wildman–Crippen MR) is 62.9 cm³/mol. The third kappa shape index (κ3) is 2.72. The first-order chi connectivity index (χ1) is 6.79. The summed E-state index contributed by atoms with van der Waals surface area (Å²) in [4.78, 5) is 0. The number of rotatable bonds is 3. The molecule has 4 heteroatoms. The van der Waals surface area contributed by atoms with Gasteiger partial charge < -0.3 is 0 Å². The molecule has 1 saturated carbocycles. The first-order valence-corrected chi connectivity index (χ1v) is 7.36. The second-order valence-electron chi connectivity index (χ2n) is 5.27. The Balaban J connectivity index is 2.68. The van der Waals surface area contributed by atoms with Crippen LogP contribution in [0.2, 0.25) is 0 Å². The van der Waals surface area contributed by atoms with Crippen LogP contribution in [0, 0.1) is 11.8 Å². The van der Waals surface area contributed by atoms with Crippen LogP contribution in [0.25, 0.3) is 0 Å². The highest BCUT2D eigenvalue weighted by Gasteiger charge is 2.40. The molecule has 0 bridgehead atoms. The van der Waals surface area contributed by atoms with Crippen LogP contribution in [-0.2, 0) is 10.0 Å². The summed E-state index contributed by atoms with van der Waals surface area (Å²) in [7, 11) is -3.43. The summed E-state index contributed by atoms with van der Waals surface area (Å²) in [5, 5.41) is 5.28. The summed E-state index contributed by atoms with van der Waals surface area (Å²) in [6, 6.07) is 0. The van der Waals surface area contributed by atoms with E-state index in [-0.39, 0.29) is 5.92 Å². The monoisotopic (exact) mass is 233 g/mol. The molecule has 0 atom stereocenters. The average molecular weight is 233 g/mol. The zero-order chi connectivity index (χ0) is 11.7. The maximum absolute atomic E-state index is 11.5. The van der Waals surface area contributed by atoms with Crippen molar-refractivity contribution in [1.29, 1.82) is 0 Å². The van der Waals surface area contributed by atoms with Crippen molar-refractivity contribution in [2.24, 2.45) is 17.0 Å². The first kappa shape index (κ1) is 13.0. The summed E-state index contributed by atoms with van der Waals surface area (Å²) in [5.74, 6) is 1.02. The molecule has 0 aromatic rings. The third-order valence-corrected chi connectivity index (χ3v) is 5.94. The third-order valence-electron chi connectivity index (χ3n) is 4.14.